The molecule has 10 heavy (non-hydrogen) atoms. The van der Waals surface area contributed by atoms with Crippen LogP contribution < -0.4 is 5.32 Å². The van der Waals surface area contributed by atoms with Gasteiger partial charge in [0, 0.05) is 12.6 Å². The summed E-state index contributed by atoms with van der Waals surface area (Å²) in [5, 5.41) is 3.07. The number of halogens is 1. The van der Waals surface area contributed by atoms with Crippen LogP contribution >= 0.6 is 12.4 Å². The molecule has 1 rings (SSSR count). The summed E-state index contributed by atoms with van der Waals surface area (Å²) in [5.41, 5.74) is 0. The first-order valence-corrected chi connectivity index (χ1v) is 3.07. The van der Waals surface area contributed by atoms with Gasteiger partial charge in [0.15, 0.2) is 0 Å². The largest absolute Gasteiger partial charge is 0.469 e. The van der Waals surface area contributed by atoms with Gasteiger partial charge < -0.3 is 10.1 Å². The Labute approximate surface area is 66.5 Å². The molecule has 1 saturated heterocycles. The molecule has 0 saturated carbocycles. The fraction of sp³-hybridized carbons (Fsp3) is 0.833. The predicted octanol–water partition coefficient (Wildman–Crippen LogP) is 0.189. The second kappa shape index (κ2) is 3.78. The molecule has 0 aromatic rings. The molecule has 1 aliphatic heterocycles. The molecule has 0 bridgehead atoms. The summed E-state index contributed by atoms with van der Waals surface area (Å²) in [7, 11) is 1.42. The summed E-state index contributed by atoms with van der Waals surface area (Å²) in [6, 6.07) is 0.303. The van der Waals surface area contributed by atoms with Gasteiger partial charge in [-0.2, -0.15) is 0 Å². The van der Waals surface area contributed by atoms with E-state index in [1.807, 2.05) is 6.92 Å². The molecule has 0 radical (unpaired) electrons. The second-order valence-electron chi connectivity index (χ2n) is 2.33. The van der Waals surface area contributed by atoms with Gasteiger partial charge in [0.2, 0.25) is 0 Å². The third-order valence-electron chi connectivity index (χ3n) is 1.77. The maximum absolute atomic E-state index is 10.7. The van der Waals surface area contributed by atoms with Crippen LogP contribution in [0, 0.1) is 5.92 Å². The van der Waals surface area contributed by atoms with Crippen molar-refractivity contribution in [2.24, 2.45) is 5.92 Å². The Morgan fingerprint density at radius 1 is 1.70 bits per heavy atom. The van der Waals surface area contributed by atoms with Gasteiger partial charge >= 0.3 is 5.97 Å². The summed E-state index contributed by atoms with van der Waals surface area (Å²) >= 11 is 0. The van der Waals surface area contributed by atoms with Crippen molar-refractivity contribution in [3.63, 3.8) is 0 Å². The van der Waals surface area contributed by atoms with Gasteiger partial charge in [-0.3, -0.25) is 4.79 Å². The zero-order valence-corrected chi connectivity index (χ0v) is 6.90. The van der Waals surface area contributed by atoms with Gasteiger partial charge in [0.1, 0.15) is 0 Å². The molecular weight excluding hydrogens is 154 g/mol. The molecule has 0 amide bonds. The van der Waals surface area contributed by atoms with E-state index in [0.717, 1.165) is 6.54 Å². The van der Waals surface area contributed by atoms with Gasteiger partial charge in [0.25, 0.3) is 0 Å². The lowest BCUT2D eigenvalue weighted by atomic mass is 9.94. The molecule has 0 unspecified atom stereocenters. The predicted molar refractivity (Wildman–Crippen MR) is 40.2 cm³/mol. The van der Waals surface area contributed by atoms with Crippen LogP contribution in [0.5, 0.6) is 0 Å². The highest BCUT2D eigenvalue weighted by molar-refractivity contribution is 5.85. The summed E-state index contributed by atoms with van der Waals surface area (Å²) < 4.78 is 4.55. The Morgan fingerprint density at radius 3 is 2.40 bits per heavy atom. The lowest BCUT2D eigenvalue weighted by Gasteiger charge is -2.32. The zero-order chi connectivity index (χ0) is 6.85. The number of carbonyl (C=O) groups is 1. The second-order valence-corrected chi connectivity index (χ2v) is 2.33. The molecule has 2 atom stereocenters. The fourth-order valence-electron chi connectivity index (χ4n) is 0.910. The van der Waals surface area contributed by atoms with E-state index < -0.39 is 0 Å². The number of hydrogen-bond acceptors (Lipinski definition) is 3. The minimum Gasteiger partial charge on any atom is -0.469 e. The number of esters is 1. The third-order valence-corrected chi connectivity index (χ3v) is 1.77. The lowest BCUT2D eigenvalue weighted by molar-refractivity contribution is -0.148. The van der Waals surface area contributed by atoms with Gasteiger partial charge in [-0.15, -0.1) is 12.4 Å². The van der Waals surface area contributed by atoms with E-state index in [2.05, 4.69) is 10.1 Å². The highest BCUT2D eigenvalue weighted by Gasteiger charge is 2.33. The molecule has 1 fully saturated rings. The SMILES string of the molecule is COC(=O)[C@H]1CN[C@@H]1C.Cl. The van der Waals surface area contributed by atoms with Crippen molar-refractivity contribution in [2.45, 2.75) is 13.0 Å². The van der Waals surface area contributed by atoms with Gasteiger partial charge in [-0.05, 0) is 6.92 Å². The van der Waals surface area contributed by atoms with Gasteiger partial charge in [-0.1, -0.05) is 0 Å². The molecule has 0 spiro atoms. The van der Waals surface area contributed by atoms with Gasteiger partial charge in [-0.25, -0.2) is 0 Å². The maximum atomic E-state index is 10.7. The van der Waals surface area contributed by atoms with Crippen LogP contribution in [0.2, 0.25) is 0 Å². The Bertz CT molecular complexity index is 129. The van der Waals surface area contributed by atoms with Crippen molar-refractivity contribution in [3.8, 4) is 0 Å². The first-order valence-electron chi connectivity index (χ1n) is 3.07. The van der Waals surface area contributed by atoms with Crippen LogP contribution in [0.4, 0.5) is 0 Å². The third kappa shape index (κ3) is 1.61. The number of rotatable bonds is 1. The minimum absolute atomic E-state index is 0. The van der Waals surface area contributed by atoms with E-state index in [9.17, 15) is 4.79 Å². The number of ether oxygens (including phenoxy) is 1. The van der Waals surface area contributed by atoms with Crippen molar-refractivity contribution in [3.05, 3.63) is 0 Å². The minimum atomic E-state index is -0.0961. The van der Waals surface area contributed by atoms with Crippen LogP contribution in [-0.4, -0.2) is 25.7 Å². The van der Waals surface area contributed by atoms with Crippen molar-refractivity contribution >= 4 is 18.4 Å². The molecule has 60 valence electrons. The maximum Gasteiger partial charge on any atom is 0.311 e. The number of methoxy groups -OCH3 is 1. The normalized spacial score (nSPS) is 29.8. The molecule has 0 aromatic heterocycles. The molecular formula is C6H12ClNO2. The smallest absolute Gasteiger partial charge is 0.311 e. The van der Waals surface area contributed by atoms with E-state index in [4.69, 9.17) is 0 Å². The monoisotopic (exact) mass is 165 g/mol. The molecule has 0 aromatic carbocycles. The lowest BCUT2D eigenvalue weighted by Crippen LogP contribution is -2.54. The number of carbonyl (C=O) groups excluding carboxylic acids is 1. The van der Waals surface area contributed by atoms with Crippen LogP contribution in [0.3, 0.4) is 0 Å². The van der Waals surface area contributed by atoms with Crippen LogP contribution in [0.1, 0.15) is 6.92 Å². The summed E-state index contributed by atoms with van der Waals surface area (Å²) in [4.78, 5) is 10.7. The average Bonchev–Trinajstić information content (AvgIpc) is 1.84. The van der Waals surface area contributed by atoms with Crippen molar-refractivity contribution in [1.29, 1.82) is 0 Å². The molecule has 4 heteroatoms. The van der Waals surface area contributed by atoms with E-state index in [1.165, 1.54) is 7.11 Å². The fourth-order valence-corrected chi connectivity index (χ4v) is 0.910. The summed E-state index contributed by atoms with van der Waals surface area (Å²) in [5.74, 6) is -0.00347. The first-order chi connectivity index (χ1) is 4.25. The standard InChI is InChI=1S/C6H11NO2.ClH/c1-4-5(3-7-4)6(8)9-2;/h4-5,7H,3H2,1-2H3;1H/t4-,5+;/m1./s1. The Balaban J connectivity index is 0.000000810. The number of hydrogen-bond donors (Lipinski definition) is 1. The molecule has 3 nitrogen and oxygen atoms in total. The van der Waals surface area contributed by atoms with E-state index >= 15 is 0 Å². The molecule has 0 aliphatic carbocycles. The average molecular weight is 166 g/mol. The topological polar surface area (TPSA) is 38.3 Å². The summed E-state index contributed by atoms with van der Waals surface area (Å²) in [6.45, 7) is 2.75. The number of nitrogens with one attached hydrogen (secondary N) is 1. The van der Waals surface area contributed by atoms with Gasteiger partial charge in [0.05, 0.1) is 13.0 Å². The molecule has 1 N–H and O–H groups in total. The van der Waals surface area contributed by atoms with Crippen molar-refractivity contribution in [2.75, 3.05) is 13.7 Å². The Kier molecular flexibility index (Phi) is 3.68. The van der Waals surface area contributed by atoms with Crippen LogP contribution in [0.25, 0.3) is 0 Å². The zero-order valence-electron chi connectivity index (χ0n) is 6.09. The summed E-state index contributed by atoms with van der Waals surface area (Å²) in [6.07, 6.45) is 0. The van der Waals surface area contributed by atoms with Crippen molar-refractivity contribution in [1.82, 2.24) is 5.32 Å². The first kappa shape index (κ1) is 9.72. The molecule has 1 heterocycles. The van der Waals surface area contributed by atoms with E-state index in [0.29, 0.717) is 6.04 Å². The Hall–Kier alpha value is -0.280. The van der Waals surface area contributed by atoms with E-state index in [-0.39, 0.29) is 24.3 Å². The quantitative estimate of drug-likeness (QED) is 0.564. The van der Waals surface area contributed by atoms with E-state index in [1.54, 1.807) is 0 Å². The van der Waals surface area contributed by atoms with Crippen LogP contribution in [-0.2, 0) is 9.53 Å². The highest BCUT2D eigenvalue weighted by Crippen LogP contribution is 2.12. The van der Waals surface area contributed by atoms with Crippen LogP contribution in [0.15, 0.2) is 0 Å². The highest BCUT2D eigenvalue weighted by atomic mass is 35.5. The Morgan fingerprint density at radius 2 is 2.30 bits per heavy atom. The van der Waals surface area contributed by atoms with Crippen molar-refractivity contribution < 1.29 is 9.53 Å². The molecule has 1 aliphatic rings.